The Labute approximate surface area is 309 Å². The van der Waals surface area contributed by atoms with Crippen molar-refractivity contribution >= 4 is 82.6 Å². The molecule has 2 unspecified atom stereocenters. The van der Waals surface area contributed by atoms with E-state index < -0.39 is 10.1 Å². The van der Waals surface area contributed by atoms with Gasteiger partial charge in [-0.25, -0.2) is 0 Å². The molecule has 2 aliphatic carbocycles. The second kappa shape index (κ2) is 11.0. The van der Waals surface area contributed by atoms with E-state index in [9.17, 15) is 0 Å². The molecule has 2 atom stereocenters. The van der Waals surface area contributed by atoms with E-state index >= 15 is 0 Å². The molecular formula is C40H49Cl2I2N2SiZr+2. The molecule has 0 aliphatic heterocycles. The van der Waals surface area contributed by atoms with Crippen LogP contribution in [0.1, 0.15) is 43.4 Å². The van der Waals surface area contributed by atoms with E-state index in [2.05, 4.69) is 202 Å². The number of benzene rings is 4. The molecule has 0 saturated heterocycles. The Balaban J connectivity index is 1.64. The molecule has 4 aromatic rings. The fraction of sp³-hybridized carbons (Fsp3) is 0.300. The van der Waals surface area contributed by atoms with Crippen LogP contribution in [0, 0.1) is 0 Å². The molecule has 0 saturated carbocycles. The molecule has 4 aromatic carbocycles. The molecular weight excluding hydrogens is 952 g/mol. The van der Waals surface area contributed by atoms with Gasteiger partial charge in [0.25, 0.3) is 0 Å². The van der Waals surface area contributed by atoms with Crippen LogP contribution in [-0.2, 0) is 4.21 Å². The molecule has 253 valence electrons. The molecule has 0 spiro atoms. The fourth-order valence-corrected chi connectivity index (χ4v) is 64.4. The van der Waals surface area contributed by atoms with E-state index in [1.165, 1.54) is 67.0 Å². The summed E-state index contributed by atoms with van der Waals surface area (Å²) in [4.78, 5) is 0. The van der Waals surface area contributed by atoms with Crippen LogP contribution in [0.25, 0.3) is 34.4 Å². The van der Waals surface area contributed by atoms with Crippen molar-refractivity contribution in [2.24, 2.45) is 0 Å². The van der Waals surface area contributed by atoms with Crippen LogP contribution in [0.5, 0.6) is 0 Å². The summed E-state index contributed by atoms with van der Waals surface area (Å²) in [6.07, 6.45) is 4.82. The van der Waals surface area contributed by atoms with Crippen molar-refractivity contribution in [3.63, 3.8) is 0 Å². The normalized spacial score (nSPS) is 20.3. The molecule has 2 aliphatic rings. The quantitative estimate of drug-likeness (QED) is 0.0983. The summed E-state index contributed by atoms with van der Waals surface area (Å²) in [5.74, 6) is -1.89. The van der Waals surface area contributed by atoms with Crippen LogP contribution < -0.4 is 8.97 Å². The summed E-state index contributed by atoms with van der Waals surface area (Å²) < 4.78 is -4.77. The SMILES string of the molecule is CC1=Cc2c(-c3ccccc3[N+](C)(C)C)cccc2[CH]1[Zr]([Cl])([Cl])([I])([I])([CH]1C(C)=Cc2c(-c3ccccc3[N+](C)(C)C)cccc21)[SiH](C)C. The summed E-state index contributed by atoms with van der Waals surface area (Å²) in [5.41, 5.74) is 15.3. The molecule has 2 nitrogen and oxygen atoms in total. The van der Waals surface area contributed by atoms with Crippen LogP contribution >= 0.6 is 53.1 Å². The molecule has 0 radical (unpaired) electrons. The number of hydrogen-bond acceptors (Lipinski definition) is 0. The summed E-state index contributed by atoms with van der Waals surface area (Å²) in [6.45, 7) is 9.41. The maximum absolute atomic E-state index is 9.01. The van der Waals surface area contributed by atoms with Gasteiger partial charge in [0.1, 0.15) is 0 Å². The van der Waals surface area contributed by atoms with Gasteiger partial charge in [-0.2, -0.15) is 0 Å². The van der Waals surface area contributed by atoms with Crippen LogP contribution in [-0.4, -0.2) is 48.2 Å². The Bertz CT molecular complexity index is 1960. The van der Waals surface area contributed by atoms with E-state index in [1.54, 1.807) is 0 Å². The van der Waals surface area contributed by atoms with Crippen molar-refractivity contribution in [3.05, 3.63) is 118 Å². The first-order valence-electron chi connectivity index (χ1n) is 16.9. The Morgan fingerprint density at radius 2 is 0.875 bits per heavy atom. The van der Waals surface area contributed by atoms with Gasteiger partial charge in [-0.1, -0.05) is 0 Å². The Morgan fingerprint density at radius 3 is 1.21 bits per heavy atom. The monoisotopic (exact) mass is 999 g/mol. The van der Waals surface area contributed by atoms with Crippen molar-refractivity contribution in [1.29, 1.82) is 0 Å². The average Bonchev–Trinajstić information content (AvgIpc) is 3.53. The first-order chi connectivity index (χ1) is 22.0. The van der Waals surface area contributed by atoms with Crippen molar-refractivity contribution < 1.29 is 4.21 Å². The Hall–Kier alpha value is -0.580. The molecule has 0 bridgehead atoms. The zero-order chi connectivity index (χ0) is 35.4. The van der Waals surface area contributed by atoms with Gasteiger partial charge in [-0.15, -0.1) is 0 Å². The average molecular weight is 1000 g/mol. The number of allylic oxidation sites excluding steroid dienone is 2. The van der Waals surface area contributed by atoms with Gasteiger partial charge in [0.15, 0.2) is 0 Å². The minimum absolute atomic E-state index is 0.0781. The van der Waals surface area contributed by atoms with Gasteiger partial charge >= 0.3 is 313 Å². The zero-order valence-electron chi connectivity index (χ0n) is 29.9. The predicted octanol–water partition coefficient (Wildman–Crippen LogP) is 12.8. The fourth-order valence-electron chi connectivity index (χ4n) is 9.02. The molecule has 0 heterocycles. The number of fused-ring (bicyclic) bond motifs is 2. The Kier molecular flexibility index (Phi) is 8.50. The predicted molar refractivity (Wildman–Crippen MR) is 234 cm³/mol. The first kappa shape index (κ1) is 37.2. The third-order valence-electron chi connectivity index (χ3n) is 11.5. The number of quaternary nitrogens is 2. The van der Waals surface area contributed by atoms with E-state index in [-0.39, 0.29) is 7.25 Å². The van der Waals surface area contributed by atoms with Gasteiger partial charge in [0.05, 0.1) is 0 Å². The van der Waals surface area contributed by atoms with Crippen molar-refractivity contribution in [1.82, 2.24) is 8.97 Å². The first-order valence-corrected chi connectivity index (χ1v) is 47.8. The summed E-state index contributed by atoms with van der Waals surface area (Å²) in [5, 5.41) is 0. The van der Waals surface area contributed by atoms with Crippen LogP contribution in [0.4, 0.5) is 11.4 Å². The summed E-state index contributed by atoms with van der Waals surface area (Å²) in [6, 6.07) is 31.3. The molecule has 6 rings (SSSR count). The van der Waals surface area contributed by atoms with E-state index in [4.69, 9.17) is 17.0 Å². The molecule has 0 N–H and O–H groups in total. The van der Waals surface area contributed by atoms with Gasteiger partial charge in [0, 0.05) is 0 Å². The Morgan fingerprint density at radius 1 is 0.542 bits per heavy atom. The number of para-hydroxylation sites is 2. The second-order valence-corrected chi connectivity index (χ2v) is 155. The number of halogens is 4. The van der Waals surface area contributed by atoms with Crippen LogP contribution in [0.15, 0.2) is 96.1 Å². The number of nitrogens with zero attached hydrogens (tertiary/aromatic N) is 2. The van der Waals surface area contributed by atoms with Gasteiger partial charge in [-0.05, 0) is 0 Å². The van der Waals surface area contributed by atoms with Gasteiger partial charge < -0.3 is 0 Å². The number of hydrogen-bond donors (Lipinski definition) is 0. The van der Waals surface area contributed by atoms with Crippen molar-refractivity contribution in [2.45, 2.75) is 34.2 Å². The van der Waals surface area contributed by atoms with E-state index in [0.717, 1.165) is 8.97 Å². The standard InChI is InChI=1S/2C19H21N.C2H7Si.2ClH.2HI.Zr/c2*1-14-12-15-8-7-10-16(18(15)13-14)17-9-5-6-11-19(17)20(2,3)4;1-3-2;;;;;/h2*5-13H,1-4H3;3H,1-2H3;4*1H;/q2*+1;;;;;;+4/p-4. The van der Waals surface area contributed by atoms with Crippen molar-refractivity contribution in [3.8, 4) is 22.3 Å². The molecule has 0 fully saturated rings. The maximum atomic E-state index is 9.01. The van der Waals surface area contributed by atoms with Gasteiger partial charge in [0.2, 0.25) is 0 Å². The van der Waals surface area contributed by atoms with E-state index in [1.807, 2.05) is 0 Å². The zero-order valence-corrected chi connectivity index (χ0v) is 39.3. The van der Waals surface area contributed by atoms with Gasteiger partial charge in [-0.3, -0.25) is 0 Å². The summed E-state index contributed by atoms with van der Waals surface area (Å²) >= 11 is 5.54. The topological polar surface area (TPSA) is 0 Å². The third kappa shape index (κ3) is 5.35. The minimum atomic E-state index is -6.09. The van der Waals surface area contributed by atoms with Crippen LogP contribution in [0.3, 0.4) is 0 Å². The second-order valence-electron chi connectivity index (χ2n) is 16.7. The van der Waals surface area contributed by atoms with Crippen molar-refractivity contribution in [2.75, 3.05) is 42.3 Å². The summed E-state index contributed by atoms with van der Waals surface area (Å²) in [7, 11) is 31.4. The molecule has 48 heavy (non-hydrogen) atoms. The van der Waals surface area contributed by atoms with E-state index in [0.29, 0.717) is 0 Å². The number of rotatable bonds is 7. The molecule has 8 heteroatoms. The van der Waals surface area contributed by atoms with Crippen LogP contribution in [0.2, 0.25) is 13.1 Å². The molecule has 0 amide bonds. The molecule has 0 aromatic heterocycles. The third-order valence-corrected chi connectivity index (χ3v) is 132.